The van der Waals surface area contributed by atoms with Crippen molar-refractivity contribution in [3.63, 3.8) is 0 Å². The molecular weight excluding hydrogens is 232 g/mol. The second kappa shape index (κ2) is 3.97. The Balaban J connectivity index is 3.05. The number of amides is 1. The number of nitrogens with two attached hydrogens (primary N) is 2. The second-order valence-corrected chi connectivity index (χ2v) is 3.26. The molecule has 0 saturated carbocycles. The van der Waals surface area contributed by atoms with Crippen LogP contribution in [0.4, 0.5) is 5.69 Å². The molecule has 66 valence electrons. The second-order valence-electron chi connectivity index (χ2n) is 2.35. The first kappa shape index (κ1) is 9.62. The Morgan fingerprint density at radius 2 is 2.15 bits per heavy atom. The van der Waals surface area contributed by atoms with Gasteiger partial charge in [-0.2, -0.15) is 0 Å². The fraction of sp³-hybridized carbons (Fsp3) is 0. The van der Waals surface area contributed by atoms with Gasteiger partial charge in [0.15, 0.2) is 0 Å². The zero-order valence-electron chi connectivity index (χ0n) is 6.67. The number of benzene rings is 1. The van der Waals surface area contributed by atoms with Crippen LogP contribution in [-0.2, 0) is 4.79 Å². The fourth-order valence-electron chi connectivity index (χ4n) is 0.776. The number of nitrogen functional groups attached to an aromatic ring is 1. The smallest absolute Gasteiger partial charge is 0.293 e. The molecule has 4 heteroatoms. The van der Waals surface area contributed by atoms with Crippen LogP contribution in [0.15, 0.2) is 22.7 Å². The van der Waals surface area contributed by atoms with Gasteiger partial charge in [-0.25, -0.2) is 0 Å². The highest BCUT2D eigenvalue weighted by molar-refractivity contribution is 9.10. The first-order chi connectivity index (χ1) is 6.09. The van der Waals surface area contributed by atoms with Crippen LogP contribution in [0.25, 0.3) is 0 Å². The number of primary amides is 1. The molecule has 0 bridgehead atoms. The zero-order chi connectivity index (χ0) is 9.84. The largest absolute Gasteiger partial charge is 0.398 e. The number of anilines is 1. The van der Waals surface area contributed by atoms with Gasteiger partial charge in [-0.1, -0.05) is 21.9 Å². The van der Waals surface area contributed by atoms with Gasteiger partial charge in [-0.15, -0.1) is 0 Å². The van der Waals surface area contributed by atoms with E-state index < -0.39 is 5.91 Å². The number of hydrogen-bond donors (Lipinski definition) is 2. The Kier molecular flexibility index (Phi) is 2.93. The van der Waals surface area contributed by atoms with Gasteiger partial charge in [-0.05, 0) is 18.2 Å². The standard InChI is InChI=1S/C9H7BrN2O/c10-7-3-1-6(8(11)5-7)2-4-9(12)13/h1,3,5H,11H2,(H2,12,13). The van der Waals surface area contributed by atoms with E-state index in [0.717, 1.165) is 4.47 Å². The molecule has 0 heterocycles. The summed E-state index contributed by atoms with van der Waals surface area (Å²) >= 11 is 3.26. The average Bonchev–Trinajstić information content (AvgIpc) is 2.02. The van der Waals surface area contributed by atoms with Crippen molar-refractivity contribution in [3.05, 3.63) is 28.2 Å². The van der Waals surface area contributed by atoms with Crippen molar-refractivity contribution >= 4 is 27.5 Å². The maximum absolute atomic E-state index is 10.3. The van der Waals surface area contributed by atoms with E-state index in [2.05, 4.69) is 27.8 Å². The summed E-state index contributed by atoms with van der Waals surface area (Å²) in [5.41, 5.74) is 11.6. The van der Waals surface area contributed by atoms with E-state index in [-0.39, 0.29) is 0 Å². The Labute approximate surface area is 84.2 Å². The summed E-state index contributed by atoms with van der Waals surface area (Å²) in [6.07, 6.45) is 0. The minimum Gasteiger partial charge on any atom is -0.398 e. The highest BCUT2D eigenvalue weighted by Crippen LogP contribution is 2.17. The molecule has 1 rings (SSSR count). The van der Waals surface area contributed by atoms with Crippen molar-refractivity contribution in [1.29, 1.82) is 0 Å². The lowest BCUT2D eigenvalue weighted by Crippen LogP contribution is -2.06. The molecule has 0 fully saturated rings. The van der Waals surface area contributed by atoms with Crippen LogP contribution < -0.4 is 11.5 Å². The van der Waals surface area contributed by atoms with Crippen molar-refractivity contribution in [1.82, 2.24) is 0 Å². The lowest BCUT2D eigenvalue weighted by Gasteiger charge is -1.97. The summed E-state index contributed by atoms with van der Waals surface area (Å²) in [6, 6.07) is 5.22. The van der Waals surface area contributed by atoms with Crippen LogP contribution in [0, 0.1) is 11.8 Å². The topological polar surface area (TPSA) is 69.1 Å². The SMILES string of the molecule is NC(=O)C#Cc1ccc(Br)cc1N. The number of rotatable bonds is 0. The molecule has 0 saturated heterocycles. The Morgan fingerprint density at radius 3 is 2.69 bits per heavy atom. The number of carbonyl (C=O) groups is 1. The summed E-state index contributed by atoms with van der Waals surface area (Å²) < 4.78 is 0.870. The van der Waals surface area contributed by atoms with Gasteiger partial charge in [0, 0.05) is 21.6 Å². The molecule has 0 aromatic heterocycles. The van der Waals surface area contributed by atoms with Crippen LogP contribution in [0.3, 0.4) is 0 Å². The number of halogens is 1. The molecule has 0 aliphatic carbocycles. The van der Waals surface area contributed by atoms with Crippen LogP contribution >= 0.6 is 15.9 Å². The van der Waals surface area contributed by atoms with Gasteiger partial charge < -0.3 is 11.5 Å². The van der Waals surface area contributed by atoms with E-state index in [4.69, 9.17) is 11.5 Å². The molecule has 0 spiro atoms. The van der Waals surface area contributed by atoms with Gasteiger partial charge in [0.2, 0.25) is 0 Å². The lowest BCUT2D eigenvalue weighted by atomic mass is 10.2. The van der Waals surface area contributed by atoms with Crippen molar-refractivity contribution in [2.24, 2.45) is 5.73 Å². The van der Waals surface area contributed by atoms with E-state index in [1.54, 1.807) is 18.2 Å². The first-order valence-electron chi connectivity index (χ1n) is 3.46. The van der Waals surface area contributed by atoms with Gasteiger partial charge in [0.1, 0.15) is 0 Å². The van der Waals surface area contributed by atoms with E-state index in [1.807, 2.05) is 0 Å². The van der Waals surface area contributed by atoms with Crippen molar-refractivity contribution in [2.75, 3.05) is 5.73 Å². The number of hydrogen-bond acceptors (Lipinski definition) is 2. The van der Waals surface area contributed by atoms with Crippen LogP contribution in [0.1, 0.15) is 5.56 Å². The summed E-state index contributed by atoms with van der Waals surface area (Å²) in [6.45, 7) is 0. The van der Waals surface area contributed by atoms with Gasteiger partial charge in [0.05, 0.1) is 0 Å². The van der Waals surface area contributed by atoms with Crippen LogP contribution in [-0.4, -0.2) is 5.91 Å². The van der Waals surface area contributed by atoms with Gasteiger partial charge in [-0.3, -0.25) is 4.79 Å². The highest BCUT2D eigenvalue weighted by Gasteiger charge is 1.95. The molecule has 3 nitrogen and oxygen atoms in total. The molecule has 13 heavy (non-hydrogen) atoms. The Hall–Kier alpha value is -1.47. The van der Waals surface area contributed by atoms with Crippen molar-refractivity contribution in [2.45, 2.75) is 0 Å². The predicted molar refractivity (Wildman–Crippen MR) is 54.6 cm³/mol. The molecule has 1 aromatic rings. The van der Waals surface area contributed by atoms with E-state index >= 15 is 0 Å². The predicted octanol–water partition coefficient (Wildman–Crippen LogP) is 0.868. The first-order valence-corrected chi connectivity index (χ1v) is 4.25. The van der Waals surface area contributed by atoms with Crippen molar-refractivity contribution < 1.29 is 4.79 Å². The highest BCUT2D eigenvalue weighted by atomic mass is 79.9. The Bertz CT molecular complexity index is 404. The quantitative estimate of drug-likeness (QED) is 0.521. The molecule has 0 radical (unpaired) electrons. The molecular formula is C9H7BrN2O. The molecule has 0 aliphatic heterocycles. The van der Waals surface area contributed by atoms with Crippen LogP contribution in [0.2, 0.25) is 0 Å². The fourth-order valence-corrected chi connectivity index (χ4v) is 1.16. The molecule has 4 N–H and O–H groups in total. The van der Waals surface area contributed by atoms with E-state index in [0.29, 0.717) is 11.3 Å². The van der Waals surface area contributed by atoms with Crippen LogP contribution in [0.5, 0.6) is 0 Å². The van der Waals surface area contributed by atoms with E-state index in [9.17, 15) is 4.79 Å². The minimum absolute atomic E-state index is 0.517. The normalized spacial score (nSPS) is 8.69. The maximum atomic E-state index is 10.3. The summed E-state index contributed by atoms with van der Waals surface area (Å²) in [7, 11) is 0. The summed E-state index contributed by atoms with van der Waals surface area (Å²) in [5, 5.41) is 0. The van der Waals surface area contributed by atoms with E-state index in [1.165, 1.54) is 0 Å². The molecule has 1 aromatic carbocycles. The molecule has 0 atom stereocenters. The van der Waals surface area contributed by atoms with Gasteiger partial charge in [0.25, 0.3) is 5.91 Å². The molecule has 0 unspecified atom stereocenters. The minimum atomic E-state index is -0.665. The zero-order valence-corrected chi connectivity index (χ0v) is 8.26. The third-order valence-corrected chi connectivity index (χ3v) is 1.83. The maximum Gasteiger partial charge on any atom is 0.293 e. The summed E-state index contributed by atoms with van der Waals surface area (Å²) in [4.78, 5) is 10.3. The van der Waals surface area contributed by atoms with Crippen molar-refractivity contribution in [3.8, 4) is 11.8 Å². The number of carbonyl (C=O) groups excluding carboxylic acids is 1. The van der Waals surface area contributed by atoms with Gasteiger partial charge >= 0.3 is 0 Å². The molecule has 0 aliphatic rings. The average molecular weight is 239 g/mol. The third kappa shape index (κ3) is 2.80. The third-order valence-electron chi connectivity index (χ3n) is 1.33. The lowest BCUT2D eigenvalue weighted by molar-refractivity contribution is -0.112. The Morgan fingerprint density at radius 1 is 1.46 bits per heavy atom. The summed E-state index contributed by atoms with van der Waals surface area (Å²) in [5.74, 6) is 4.12. The molecule has 1 amide bonds. The monoisotopic (exact) mass is 238 g/mol.